The Morgan fingerprint density at radius 3 is 2.17 bits per heavy atom. The van der Waals surface area contributed by atoms with Crippen molar-refractivity contribution in [1.82, 2.24) is 0 Å². The van der Waals surface area contributed by atoms with Crippen molar-refractivity contribution in [3.8, 4) is 17.2 Å². The molecule has 0 spiro atoms. The molecular formula is C27H30F3NO4. The van der Waals surface area contributed by atoms with Gasteiger partial charge in [0.15, 0.2) is 0 Å². The molecule has 1 aliphatic rings. The second-order valence-corrected chi connectivity index (χ2v) is 10.2. The van der Waals surface area contributed by atoms with Crippen LogP contribution in [0.1, 0.15) is 63.3 Å². The molecule has 1 fully saturated rings. The fraction of sp³-hybridized carbons (Fsp3) is 0.444. The number of alkyl halides is 3. The van der Waals surface area contributed by atoms with Crippen LogP contribution in [0.4, 0.5) is 13.2 Å². The molecular weight excluding hydrogens is 459 g/mol. The van der Waals surface area contributed by atoms with Crippen LogP contribution >= 0.6 is 0 Å². The van der Waals surface area contributed by atoms with Gasteiger partial charge in [0.05, 0.1) is 18.5 Å². The number of benzene rings is 2. The van der Waals surface area contributed by atoms with Gasteiger partial charge in [-0.05, 0) is 54.9 Å². The largest absolute Gasteiger partial charge is 0.872 e. The number of ether oxygens (including phenoxy) is 1. The van der Waals surface area contributed by atoms with Gasteiger partial charge in [-0.1, -0.05) is 44.7 Å². The molecule has 1 aromatic heterocycles. The van der Waals surface area contributed by atoms with Gasteiger partial charge in [0, 0.05) is 5.56 Å². The van der Waals surface area contributed by atoms with Crippen molar-refractivity contribution in [2.45, 2.75) is 64.6 Å². The van der Waals surface area contributed by atoms with Gasteiger partial charge in [-0.15, -0.1) is 0 Å². The highest BCUT2D eigenvalue weighted by atomic mass is 19.4. The molecule has 0 aliphatic carbocycles. The van der Waals surface area contributed by atoms with Gasteiger partial charge in [0.2, 0.25) is 11.2 Å². The van der Waals surface area contributed by atoms with Crippen molar-refractivity contribution in [2.75, 3.05) is 13.1 Å². The van der Waals surface area contributed by atoms with E-state index in [1.807, 2.05) is 20.8 Å². The second-order valence-electron chi connectivity index (χ2n) is 10.2. The van der Waals surface area contributed by atoms with Gasteiger partial charge in [-0.25, -0.2) is 0 Å². The predicted molar refractivity (Wildman–Crippen MR) is 125 cm³/mol. The van der Waals surface area contributed by atoms with Crippen LogP contribution < -0.4 is 20.2 Å². The zero-order valence-electron chi connectivity index (χ0n) is 20.2. The Kier molecular flexibility index (Phi) is 6.86. The Bertz CT molecular complexity index is 1250. The summed E-state index contributed by atoms with van der Waals surface area (Å²) >= 11 is 0. The van der Waals surface area contributed by atoms with Gasteiger partial charge in [0.25, 0.3) is 5.76 Å². The van der Waals surface area contributed by atoms with E-state index in [1.54, 1.807) is 12.1 Å². The molecule has 8 heteroatoms. The number of hydrogen-bond donors (Lipinski definition) is 1. The van der Waals surface area contributed by atoms with Gasteiger partial charge in [-0.3, -0.25) is 4.79 Å². The fourth-order valence-corrected chi connectivity index (χ4v) is 4.52. The lowest BCUT2D eigenvalue weighted by atomic mass is 9.87. The van der Waals surface area contributed by atoms with Crippen molar-refractivity contribution in [3.63, 3.8) is 0 Å². The smallest absolute Gasteiger partial charge is 0.453 e. The highest BCUT2D eigenvalue weighted by Gasteiger charge is 2.41. The molecule has 3 aromatic rings. The lowest BCUT2D eigenvalue weighted by Crippen LogP contribution is -3.10. The number of hydrogen-bond acceptors (Lipinski definition) is 4. The number of nitrogens with one attached hydrogen (secondary N) is 1. The molecule has 2 heterocycles. The Balaban J connectivity index is 1.81. The summed E-state index contributed by atoms with van der Waals surface area (Å²) in [7, 11) is 0. The van der Waals surface area contributed by atoms with Crippen LogP contribution in [-0.2, 0) is 18.1 Å². The maximum atomic E-state index is 14.0. The lowest BCUT2D eigenvalue weighted by molar-refractivity contribution is -0.913. The highest BCUT2D eigenvalue weighted by Crippen LogP contribution is 2.39. The number of halogens is 3. The van der Waals surface area contributed by atoms with E-state index in [2.05, 4.69) is 0 Å². The minimum absolute atomic E-state index is 0.0878. The molecule has 1 N–H and O–H groups in total. The van der Waals surface area contributed by atoms with E-state index in [9.17, 15) is 23.1 Å². The van der Waals surface area contributed by atoms with Crippen LogP contribution in [0.3, 0.4) is 0 Å². The zero-order chi connectivity index (χ0) is 25.4. The lowest BCUT2D eigenvalue weighted by Gasteiger charge is -2.22. The van der Waals surface area contributed by atoms with Crippen LogP contribution in [0.5, 0.6) is 17.2 Å². The molecule has 35 heavy (non-hydrogen) atoms. The number of quaternary nitrogens is 1. The second kappa shape index (κ2) is 9.57. The maximum absolute atomic E-state index is 14.0. The summed E-state index contributed by atoms with van der Waals surface area (Å²) in [5.41, 5.74) is -0.342. The highest BCUT2D eigenvalue weighted by molar-refractivity contribution is 5.83. The van der Waals surface area contributed by atoms with Crippen LogP contribution in [-0.4, -0.2) is 13.1 Å². The van der Waals surface area contributed by atoms with Crippen LogP contribution in [0.25, 0.3) is 11.0 Å². The Morgan fingerprint density at radius 1 is 0.971 bits per heavy atom. The average molecular weight is 490 g/mol. The maximum Gasteiger partial charge on any atom is 0.453 e. The SMILES string of the molecule is CC(C)(C)c1ccc(Oc2c(C(F)(F)F)oc3c(C[NH+]4CCCCCC4)c([O-])ccc3c2=O)cc1. The van der Waals surface area contributed by atoms with Crippen molar-refractivity contribution in [1.29, 1.82) is 0 Å². The standard InChI is InChI=1S/C27H30F3NO4/c1-26(2,3)17-8-10-18(11-9-17)34-24-22(33)19-12-13-21(32)20(16-31-14-6-4-5-7-15-31)23(19)35-25(24)27(28,29)30/h8-13,32H,4-7,14-16H2,1-3H3. The van der Waals surface area contributed by atoms with Crippen molar-refractivity contribution >= 4 is 11.0 Å². The summed E-state index contributed by atoms with van der Waals surface area (Å²) in [5.74, 6) is -2.81. The van der Waals surface area contributed by atoms with Crippen molar-refractivity contribution < 1.29 is 32.3 Å². The number of fused-ring (bicyclic) bond motifs is 1. The van der Waals surface area contributed by atoms with Gasteiger partial charge in [0.1, 0.15) is 17.9 Å². The molecule has 0 amide bonds. The number of likely N-dealkylation sites (tertiary alicyclic amines) is 1. The van der Waals surface area contributed by atoms with E-state index in [0.29, 0.717) is 0 Å². The third-order valence-corrected chi connectivity index (χ3v) is 6.51. The first-order chi connectivity index (χ1) is 16.4. The Labute approximate surface area is 202 Å². The fourth-order valence-electron chi connectivity index (χ4n) is 4.52. The summed E-state index contributed by atoms with van der Waals surface area (Å²) in [6, 6.07) is 8.99. The molecule has 1 saturated heterocycles. The Hall–Kier alpha value is -3.00. The van der Waals surface area contributed by atoms with E-state index in [4.69, 9.17) is 9.15 Å². The Morgan fingerprint density at radius 2 is 1.60 bits per heavy atom. The summed E-state index contributed by atoms with van der Waals surface area (Å²) in [5, 5.41) is 12.6. The van der Waals surface area contributed by atoms with Crippen LogP contribution in [0.15, 0.2) is 45.6 Å². The first-order valence-electron chi connectivity index (χ1n) is 11.9. The van der Waals surface area contributed by atoms with Crippen LogP contribution in [0.2, 0.25) is 0 Å². The van der Waals surface area contributed by atoms with E-state index in [1.165, 1.54) is 24.3 Å². The normalized spacial score (nSPS) is 15.8. The summed E-state index contributed by atoms with van der Waals surface area (Å²) < 4.78 is 52.9. The molecule has 0 bridgehead atoms. The zero-order valence-corrected chi connectivity index (χ0v) is 20.2. The van der Waals surface area contributed by atoms with Crippen molar-refractivity contribution in [3.05, 3.63) is 63.5 Å². The van der Waals surface area contributed by atoms with E-state index in [0.717, 1.165) is 49.2 Å². The first kappa shape index (κ1) is 25.1. The molecule has 0 atom stereocenters. The molecule has 0 saturated carbocycles. The average Bonchev–Trinajstić information content (AvgIpc) is 3.05. The summed E-state index contributed by atoms with van der Waals surface area (Å²) in [6.07, 6.45) is -0.836. The number of rotatable bonds is 4. The molecule has 0 radical (unpaired) electrons. The molecule has 188 valence electrons. The summed E-state index contributed by atoms with van der Waals surface area (Å²) in [4.78, 5) is 14.3. The van der Waals surface area contributed by atoms with Gasteiger partial charge < -0.3 is 19.2 Å². The minimum Gasteiger partial charge on any atom is -0.872 e. The van der Waals surface area contributed by atoms with E-state index < -0.39 is 28.9 Å². The van der Waals surface area contributed by atoms with E-state index in [-0.39, 0.29) is 34.2 Å². The predicted octanol–water partition coefficient (Wildman–Crippen LogP) is 4.93. The monoisotopic (exact) mass is 489 g/mol. The molecule has 5 nitrogen and oxygen atoms in total. The van der Waals surface area contributed by atoms with Gasteiger partial charge >= 0.3 is 6.18 Å². The molecule has 4 rings (SSSR count). The minimum atomic E-state index is -4.99. The van der Waals surface area contributed by atoms with Crippen molar-refractivity contribution in [2.24, 2.45) is 0 Å². The van der Waals surface area contributed by atoms with Crippen LogP contribution in [0, 0.1) is 0 Å². The first-order valence-corrected chi connectivity index (χ1v) is 11.9. The van der Waals surface area contributed by atoms with E-state index >= 15 is 0 Å². The quantitative estimate of drug-likeness (QED) is 0.564. The molecule has 2 aromatic carbocycles. The third kappa shape index (κ3) is 5.48. The van der Waals surface area contributed by atoms with Gasteiger partial charge in [-0.2, -0.15) is 13.2 Å². The topological polar surface area (TPSA) is 66.9 Å². The molecule has 1 aliphatic heterocycles. The third-order valence-electron chi connectivity index (χ3n) is 6.51. The summed E-state index contributed by atoms with van der Waals surface area (Å²) in [6.45, 7) is 7.88. The molecule has 0 unspecified atom stereocenters.